The third-order valence-electron chi connectivity index (χ3n) is 6.63. The van der Waals surface area contributed by atoms with E-state index in [-0.39, 0.29) is 5.75 Å². The number of fused-ring (bicyclic) bond motifs is 1. The summed E-state index contributed by atoms with van der Waals surface area (Å²) in [7, 11) is 0. The van der Waals surface area contributed by atoms with Gasteiger partial charge in [0.25, 0.3) is 0 Å². The van der Waals surface area contributed by atoms with Gasteiger partial charge in [0.15, 0.2) is 0 Å². The molecule has 0 amide bonds. The average Bonchev–Trinajstić information content (AvgIpc) is 2.72. The summed E-state index contributed by atoms with van der Waals surface area (Å²) in [4.78, 5) is 0. The van der Waals surface area contributed by atoms with Gasteiger partial charge in [-0.15, -0.1) is 0 Å². The Morgan fingerprint density at radius 3 is 2.10 bits per heavy atom. The first-order valence-electron chi connectivity index (χ1n) is 11.9. The van der Waals surface area contributed by atoms with E-state index in [0.29, 0.717) is 12.2 Å². The van der Waals surface area contributed by atoms with Gasteiger partial charge in [-0.25, -0.2) is 0 Å². The number of aromatic hydroxyl groups is 2. The lowest BCUT2D eigenvalue weighted by Crippen LogP contribution is -1.99. The van der Waals surface area contributed by atoms with E-state index in [9.17, 15) is 10.2 Å². The van der Waals surface area contributed by atoms with Gasteiger partial charge in [0, 0.05) is 16.3 Å². The summed E-state index contributed by atoms with van der Waals surface area (Å²) >= 11 is 0. The summed E-state index contributed by atoms with van der Waals surface area (Å²) in [6.07, 6.45) is 13.2. The number of benzene rings is 2. The van der Waals surface area contributed by atoms with Gasteiger partial charge < -0.3 is 10.2 Å². The van der Waals surface area contributed by atoms with Crippen LogP contribution in [0, 0.1) is 18.8 Å². The predicted octanol–water partition coefficient (Wildman–Crippen LogP) is 8.46. The van der Waals surface area contributed by atoms with Gasteiger partial charge in [-0.2, -0.15) is 0 Å². The van der Waals surface area contributed by atoms with Crippen LogP contribution in [0.1, 0.15) is 90.2 Å². The van der Waals surface area contributed by atoms with Crippen molar-refractivity contribution in [3.63, 3.8) is 0 Å². The quantitative estimate of drug-likeness (QED) is 0.272. The second-order valence-electron chi connectivity index (χ2n) is 9.42. The second-order valence-corrected chi connectivity index (χ2v) is 9.42. The molecule has 2 heteroatoms. The Labute approximate surface area is 184 Å². The van der Waals surface area contributed by atoms with Gasteiger partial charge >= 0.3 is 0 Å². The average molecular weight is 411 g/mol. The fourth-order valence-corrected chi connectivity index (χ4v) is 4.53. The standard InChI is InChI=1S/C28H42O2/c1-6-11-20(2)12-9-13-21(3)14-10-15-22(4)18-19-24-23(5)27(29)25-16-7-8-17-26(25)28(24)30/h7-8,16-18,20-21,29-30H,6,9-15,19H2,1-5H3/b22-18+/t20-,21-/m1/s1. The molecular weight excluding hydrogens is 368 g/mol. The molecule has 0 heterocycles. The van der Waals surface area contributed by atoms with Crippen LogP contribution in [0.15, 0.2) is 35.9 Å². The maximum absolute atomic E-state index is 10.7. The summed E-state index contributed by atoms with van der Waals surface area (Å²) in [5.41, 5.74) is 2.98. The van der Waals surface area contributed by atoms with E-state index in [1.165, 1.54) is 50.5 Å². The summed E-state index contributed by atoms with van der Waals surface area (Å²) in [6, 6.07) is 7.51. The van der Waals surface area contributed by atoms with Gasteiger partial charge in [0.2, 0.25) is 0 Å². The first-order chi connectivity index (χ1) is 14.3. The van der Waals surface area contributed by atoms with Crippen LogP contribution in [-0.2, 0) is 6.42 Å². The Kier molecular flexibility index (Phi) is 9.75. The van der Waals surface area contributed by atoms with Crippen molar-refractivity contribution in [1.82, 2.24) is 0 Å². The number of rotatable bonds is 12. The van der Waals surface area contributed by atoms with E-state index in [1.807, 2.05) is 31.2 Å². The molecule has 0 unspecified atom stereocenters. The van der Waals surface area contributed by atoms with Gasteiger partial charge in [0.05, 0.1) is 0 Å². The topological polar surface area (TPSA) is 40.5 Å². The third-order valence-corrected chi connectivity index (χ3v) is 6.63. The van der Waals surface area contributed by atoms with Gasteiger partial charge in [-0.3, -0.25) is 0 Å². The Hall–Kier alpha value is -1.96. The third kappa shape index (κ3) is 6.79. The molecule has 2 aromatic carbocycles. The molecule has 0 aromatic heterocycles. The minimum atomic E-state index is 0.284. The van der Waals surface area contributed by atoms with Gasteiger partial charge in [-0.1, -0.05) is 95.2 Å². The fourth-order valence-electron chi connectivity index (χ4n) is 4.53. The van der Waals surface area contributed by atoms with Crippen LogP contribution in [-0.4, -0.2) is 10.2 Å². The summed E-state index contributed by atoms with van der Waals surface area (Å²) < 4.78 is 0. The molecule has 2 rings (SSSR count). The molecule has 2 nitrogen and oxygen atoms in total. The molecular formula is C28H42O2. The van der Waals surface area contributed by atoms with Crippen molar-refractivity contribution < 1.29 is 10.2 Å². The van der Waals surface area contributed by atoms with Crippen molar-refractivity contribution in [3.8, 4) is 11.5 Å². The van der Waals surface area contributed by atoms with Crippen LogP contribution in [0.5, 0.6) is 11.5 Å². The maximum atomic E-state index is 10.7. The number of phenolic OH excluding ortho intramolecular Hbond substituents is 2. The monoisotopic (exact) mass is 410 g/mol. The minimum Gasteiger partial charge on any atom is -0.507 e. The second kappa shape index (κ2) is 12.0. The molecule has 0 bridgehead atoms. The van der Waals surface area contributed by atoms with Crippen LogP contribution in [0.25, 0.3) is 10.8 Å². The number of allylic oxidation sites excluding steroid dienone is 2. The van der Waals surface area contributed by atoms with Crippen LogP contribution in [0.2, 0.25) is 0 Å². The molecule has 0 fully saturated rings. The highest BCUT2D eigenvalue weighted by Gasteiger charge is 2.14. The van der Waals surface area contributed by atoms with E-state index in [0.717, 1.165) is 40.2 Å². The van der Waals surface area contributed by atoms with Crippen LogP contribution < -0.4 is 0 Å². The zero-order valence-electron chi connectivity index (χ0n) is 19.8. The molecule has 0 saturated heterocycles. The first kappa shape index (κ1) is 24.3. The van der Waals surface area contributed by atoms with Crippen LogP contribution in [0.4, 0.5) is 0 Å². The SMILES string of the molecule is CCC[C@@H](C)CCC[C@@H](C)CCC/C(C)=C/Cc1c(C)c(O)c2ccccc2c1O. The number of hydrogen-bond acceptors (Lipinski definition) is 2. The highest BCUT2D eigenvalue weighted by atomic mass is 16.3. The van der Waals surface area contributed by atoms with Crippen molar-refractivity contribution >= 4 is 10.8 Å². The van der Waals surface area contributed by atoms with Crippen molar-refractivity contribution in [1.29, 1.82) is 0 Å². The van der Waals surface area contributed by atoms with Crippen molar-refractivity contribution in [2.24, 2.45) is 11.8 Å². The molecule has 2 atom stereocenters. The largest absolute Gasteiger partial charge is 0.507 e. The molecule has 2 N–H and O–H groups in total. The molecule has 0 aliphatic heterocycles. The molecule has 2 aromatic rings. The highest BCUT2D eigenvalue weighted by molar-refractivity contribution is 5.95. The Morgan fingerprint density at radius 2 is 1.47 bits per heavy atom. The Bertz CT molecular complexity index is 834. The maximum Gasteiger partial charge on any atom is 0.127 e. The van der Waals surface area contributed by atoms with E-state index in [2.05, 4.69) is 33.8 Å². The summed E-state index contributed by atoms with van der Waals surface area (Å²) in [6.45, 7) is 11.1. The van der Waals surface area contributed by atoms with Crippen LogP contribution >= 0.6 is 0 Å². The van der Waals surface area contributed by atoms with Crippen molar-refractivity contribution in [3.05, 3.63) is 47.0 Å². The van der Waals surface area contributed by atoms with Crippen molar-refractivity contribution in [2.45, 2.75) is 92.4 Å². The molecule has 0 aliphatic carbocycles. The molecule has 166 valence electrons. The summed E-state index contributed by atoms with van der Waals surface area (Å²) in [5.74, 6) is 2.26. The van der Waals surface area contributed by atoms with Gasteiger partial charge in [0.1, 0.15) is 11.5 Å². The molecule has 0 saturated carbocycles. The molecule has 0 spiro atoms. The Balaban J connectivity index is 1.85. The summed E-state index contributed by atoms with van der Waals surface area (Å²) in [5, 5.41) is 22.7. The van der Waals surface area contributed by atoms with E-state index in [1.54, 1.807) is 0 Å². The lowest BCUT2D eigenvalue weighted by Gasteiger charge is -2.14. The smallest absolute Gasteiger partial charge is 0.127 e. The number of hydrogen-bond donors (Lipinski definition) is 2. The Morgan fingerprint density at radius 1 is 0.900 bits per heavy atom. The zero-order valence-corrected chi connectivity index (χ0v) is 19.8. The fraction of sp³-hybridized carbons (Fsp3) is 0.571. The lowest BCUT2D eigenvalue weighted by atomic mass is 9.92. The van der Waals surface area contributed by atoms with Gasteiger partial charge in [-0.05, 0) is 50.5 Å². The first-order valence-corrected chi connectivity index (χ1v) is 11.9. The van der Waals surface area contributed by atoms with E-state index < -0.39 is 0 Å². The predicted molar refractivity (Wildman–Crippen MR) is 130 cm³/mol. The zero-order chi connectivity index (χ0) is 22.1. The molecule has 0 radical (unpaired) electrons. The minimum absolute atomic E-state index is 0.284. The number of phenols is 2. The van der Waals surface area contributed by atoms with E-state index in [4.69, 9.17) is 0 Å². The molecule has 0 aliphatic rings. The van der Waals surface area contributed by atoms with Crippen LogP contribution in [0.3, 0.4) is 0 Å². The van der Waals surface area contributed by atoms with Crippen molar-refractivity contribution in [2.75, 3.05) is 0 Å². The van der Waals surface area contributed by atoms with E-state index >= 15 is 0 Å². The highest BCUT2D eigenvalue weighted by Crippen LogP contribution is 2.39. The molecule has 30 heavy (non-hydrogen) atoms. The lowest BCUT2D eigenvalue weighted by molar-refractivity contribution is 0.403. The normalized spacial score (nSPS) is 14.2.